The first-order chi connectivity index (χ1) is 8.74. The van der Waals surface area contributed by atoms with E-state index in [1.165, 1.54) is 44.9 Å². The van der Waals surface area contributed by atoms with E-state index in [0.717, 1.165) is 25.3 Å². The van der Waals surface area contributed by atoms with Crippen LogP contribution in [-0.4, -0.2) is 18.5 Å². The van der Waals surface area contributed by atoms with Crippen molar-refractivity contribution in [3.05, 3.63) is 0 Å². The molecule has 0 aromatic rings. The van der Waals surface area contributed by atoms with Crippen molar-refractivity contribution >= 4 is 5.91 Å². The Balaban J connectivity index is 1.62. The summed E-state index contributed by atoms with van der Waals surface area (Å²) in [6.07, 6.45) is 11.9. The lowest BCUT2D eigenvalue weighted by molar-refractivity contribution is -0.122. The summed E-state index contributed by atoms with van der Waals surface area (Å²) in [5, 5.41) is 3.13. The molecule has 0 aromatic carbocycles. The molecule has 3 N–H and O–H groups in total. The van der Waals surface area contributed by atoms with Gasteiger partial charge in [0, 0.05) is 19.0 Å². The molecular formula is C15H28N2O. The van der Waals surface area contributed by atoms with E-state index in [1.54, 1.807) is 0 Å². The van der Waals surface area contributed by atoms with Crippen LogP contribution in [0.1, 0.15) is 64.2 Å². The van der Waals surface area contributed by atoms with Gasteiger partial charge in [0.2, 0.25) is 5.91 Å². The van der Waals surface area contributed by atoms with Crippen molar-refractivity contribution in [2.45, 2.75) is 70.3 Å². The van der Waals surface area contributed by atoms with Crippen LogP contribution in [0.25, 0.3) is 0 Å². The molecule has 2 saturated carbocycles. The van der Waals surface area contributed by atoms with E-state index >= 15 is 0 Å². The van der Waals surface area contributed by atoms with Crippen LogP contribution in [-0.2, 0) is 4.79 Å². The Kier molecular flexibility index (Phi) is 5.48. The molecular weight excluding hydrogens is 224 g/mol. The number of nitrogens with one attached hydrogen (secondary N) is 1. The van der Waals surface area contributed by atoms with Crippen molar-refractivity contribution < 1.29 is 4.79 Å². The van der Waals surface area contributed by atoms with Gasteiger partial charge in [0.15, 0.2) is 0 Å². The lowest BCUT2D eigenvalue weighted by atomic mass is 9.84. The van der Waals surface area contributed by atoms with Crippen molar-refractivity contribution in [2.24, 2.45) is 17.6 Å². The fraction of sp³-hybridized carbons (Fsp3) is 0.933. The smallest absolute Gasteiger partial charge is 0.220 e. The third-order valence-electron chi connectivity index (χ3n) is 4.61. The molecule has 18 heavy (non-hydrogen) atoms. The Morgan fingerprint density at radius 1 is 1.00 bits per heavy atom. The van der Waals surface area contributed by atoms with Gasteiger partial charge < -0.3 is 11.1 Å². The van der Waals surface area contributed by atoms with Crippen LogP contribution in [0, 0.1) is 11.8 Å². The fourth-order valence-corrected chi connectivity index (χ4v) is 3.50. The van der Waals surface area contributed by atoms with Crippen molar-refractivity contribution in [1.29, 1.82) is 0 Å². The average molecular weight is 252 g/mol. The second-order valence-electron chi connectivity index (χ2n) is 6.30. The molecule has 0 heterocycles. The van der Waals surface area contributed by atoms with Crippen LogP contribution < -0.4 is 11.1 Å². The van der Waals surface area contributed by atoms with Gasteiger partial charge in [-0.2, -0.15) is 0 Å². The van der Waals surface area contributed by atoms with E-state index in [0.29, 0.717) is 18.4 Å². The number of amides is 1. The molecule has 1 amide bonds. The van der Waals surface area contributed by atoms with Gasteiger partial charge in [-0.1, -0.05) is 25.7 Å². The third kappa shape index (κ3) is 4.60. The Morgan fingerprint density at radius 2 is 1.72 bits per heavy atom. The molecule has 2 rings (SSSR count). The molecule has 0 bridgehead atoms. The molecule has 2 atom stereocenters. The van der Waals surface area contributed by atoms with Gasteiger partial charge >= 0.3 is 0 Å². The second-order valence-corrected chi connectivity index (χ2v) is 6.30. The Hall–Kier alpha value is -0.570. The van der Waals surface area contributed by atoms with E-state index in [2.05, 4.69) is 5.32 Å². The average Bonchev–Trinajstić information content (AvgIpc) is 2.38. The minimum absolute atomic E-state index is 0.250. The highest BCUT2D eigenvalue weighted by molar-refractivity contribution is 5.76. The summed E-state index contributed by atoms with van der Waals surface area (Å²) in [4.78, 5) is 11.9. The maximum absolute atomic E-state index is 11.9. The van der Waals surface area contributed by atoms with Crippen molar-refractivity contribution in [3.8, 4) is 0 Å². The summed E-state index contributed by atoms with van der Waals surface area (Å²) in [7, 11) is 0. The number of hydrogen-bond donors (Lipinski definition) is 2. The molecule has 104 valence electrons. The number of nitrogens with two attached hydrogens (primary N) is 1. The molecule has 3 heteroatoms. The standard InChI is InChI=1S/C15H28N2O/c16-14-8-4-7-13(9-14)10-15(18)17-11-12-5-2-1-3-6-12/h12-14H,1-11,16H2,(H,17,18). The Bertz CT molecular complexity index is 261. The zero-order valence-electron chi connectivity index (χ0n) is 11.5. The Morgan fingerprint density at radius 3 is 2.44 bits per heavy atom. The highest BCUT2D eigenvalue weighted by Gasteiger charge is 2.22. The molecule has 3 nitrogen and oxygen atoms in total. The van der Waals surface area contributed by atoms with Crippen LogP contribution in [0.5, 0.6) is 0 Å². The summed E-state index contributed by atoms with van der Waals surface area (Å²) < 4.78 is 0. The summed E-state index contributed by atoms with van der Waals surface area (Å²) in [6.45, 7) is 0.900. The molecule has 2 aliphatic rings. The lowest BCUT2D eigenvalue weighted by Crippen LogP contribution is -2.34. The van der Waals surface area contributed by atoms with E-state index in [9.17, 15) is 4.79 Å². The Labute approximate surface area is 111 Å². The largest absolute Gasteiger partial charge is 0.356 e. The van der Waals surface area contributed by atoms with E-state index in [1.807, 2.05) is 0 Å². The highest BCUT2D eigenvalue weighted by Crippen LogP contribution is 2.26. The minimum Gasteiger partial charge on any atom is -0.356 e. The predicted octanol–water partition coefficient (Wildman–Crippen LogP) is 2.59. The van der Waals surface area contributed by atoms with E-state index in [4.69, 9.17) is 5.73 Å². The zero-order chi connectivity index (χ0) is 12.8. The van der Waals surface area contributed by atoms with Crippen LogP contribution in [0.3, 0.4) is 0 Å². The second kappa shape index (κ2) is 7.13. The number of hydrogen-bond acceptors (Lipinski definition) is 2. The predicted molar refractivity (Wildman–Crippen MR) is 74.1 cm³/mol. The number of rotatable bonds is 4. The topological polar surface area (TPSA) is 55.1 Å². The van der Waals surface area contributed by atoms with Crippen LogP contribution >= 0.6 is 0 Å². The SMILES string of the molecule is NC1CCCC(CC(=O)NCC2CCCCC2)C1. The zero-order valence-corrected chi connectivity index (χ0v) is 11.5. The van der Waals surface area contributed by atoms with Gasteiger partial charge in [-0.3, -0.25) is 4.79 Å². The van der Waals surface area contributed by atoms with Gasteiger partial charge in [-0.15, -0.1) is 0 Å². The molecule has 2 aliphatic carbocycles. The highest BCUT2D eigenvalue weighted by atomic mass is 16.1. The quantitative estimate of drug-likeness (QED) is 0.808. The van der Waals surface area contributed by atoms with Gasteiger partial charge in [-0.25, -0.2) is 0 Å². The molecule has 0 saturated heterocycles. The van der Waals surface area contributed by atoms with Crippen molar-refractivity contribution in [1.82, 2.24) is 5.32 Å². The molecule has 0 aliphatic heterocycles. The monoisotopic (exact) mass is 252 g/mol. The first-order valence-electron chi connectivity index (χ1n) is 7.76. The lowest BCUT2D eigenvalue weighted by Gasteiger charge is -2.26. The number of carbonyl (C=O) groups is 1. The summed E-state index contributed by atoms with van der Waals surface area (Å²) in [5.74, 6) is 1.51. The van der Waals surface area contributed by atoms with Gasteiger partial charge in [-0.05, 0) is 43.9 Å². The van der Waals surface area contributed by atoms with Gasteiger partial charge in [0.05, 0.1) is 0 Å². The summed E-state index contributed by atoms with van der Waals surface area (Å²) >= 11 is 0. The normalized spacial score (nSPS) is 30.1. The van der Waals surface area contributed by atoms with E-state index in [-0.39, 0.29) is 5.91 Å². The fourth-order valence-electron chi connectivity index (χ4n) is 3.50. The summed E-state index contributed by atoms with van der Waals surface area (Å²) in [6, 6.07) is 0.329. The van der Waals surface area contributed by atoms with E-state index < -0.39 is 0 Å². The minimum atomic E-state index is 0.250. The molecule has 2 unspecified atom stereocenters. The van der Waals surface area contributed by atoms with Crippen molar-refractivity contribution in [2.75, 3.05) is 6.54 Å². The maximum Gasteiger partial charge on any atom is 0.220 e. The number of carbonyl (C=O) groups excluding carboxylic acids is 1. The molecule has 0 spiro atoms. The van der Waals surface area contributed by atoms with Crippen molar-refractivity contribution in [3.63, 3.8) is 0 Å². The third-order valence-corrected chi connectivity index (χ3v) is 4.61. The molecule has 0 aromatic heterocycles. The maximum atomic E-state index is 11.9. The summed E-state index contributed by atoms with van der Waals surface area (Å²) in [5.41, 5.74) is 5.96. The van der Waals surface area contributed by atoms with Gasteiger partial charge in [0.1, 0.15) is 0 Å². The van der Waals surface area contributed by atoms with Crippen LogP contribution in [0.2, 0.25) is 0 Å². The molecule has 0 radical (unpaired) electrons. The van der Waals surface area contributed by atoms with Crippen LogP contribution in [0.4, 0.5) is 0 Å². The van der Waals surface area contributed by atoms with Gasteiger partial charge in [0.25, 0.3) is 0 Å². The molecule has 2 fully saturated rings. The first kappa shape index (κ1) is 13.9. The first-order valence-corrected chi connectivity index (χ1v) is 7.76. The van der Waals surface area contributed by atoms with Crippen LogP contribution in [0.15, 0.2) is 0 Å².